The molecule has 1 aliphatic heterocycles. The van der Waals surface area contributed by atoms with E-state index in [0.29, 0.717) is 11.4 Å². The number of carbonyl (C=O) groups excluding carboxylic acids is 3. The van der Waals surface area contributed by atoms with E-state index in [4.69, 9.17) is 4.74 Å². The van der Waals surface area contributed by atoms with Crippen LogP contribution in [0.1, 0.15) is 13.3 Å². The van der Waals surface area contributed by atoms with Crippen LogP contribution in [0.2, 0.25) is 0 Å². The predicted octanol–water partition coefficient (Wildman–Crippen LogP) is 0.569. The van der Waals surface area contributed by atoms with Crippen LogP contribution in [-0.2, 0) is 19.1 Å². The first-order valence-electron chi connectivity index (χ1n) is 7.42. The molecule has 9 nitrogen and oxygen atoms in total. The number of nitro groups is 1. The highest BCUT2D eigenvalue weighted by Gasteiger charge is 2.55. The molecule has 1 fully saturated rings. The summed E-state index contributed by atoms with van der Waals surface area (Å²) in [4.78, 5) is 47.4. The van der Waals surface area contributed by atoms with E-state index in [1.807, 2.05) is 0 Å². The fourth-order valence-electron chi connectivity index (χ4n) is 2.63. The molecule has 1 aromatic rings. The molecule has 0 aromatic heterocycles. The molecule has 0 bridgehead atoms. The number of ether oxygens (including phenoxy) is 1. The van der Waals surface area contributed by atoms with Gasteiger partial charge in [-0.2, -0.15) is 0 Å². The van der Waals surface area contributed by atoms with Crippen molar-refractivity contribution in [1.29, 1.82) is 0 Å². The maximum atomic E-state index is 12.5. The number of nitrogens with zero attached hydrogens (tertiary/aromatic N) is 2. The highest BCUT2D eigenvalue weighted by atomic mass is 16.6. The Balaban J connectivity index is 1.69. The number of amides is 2. The Morgan fingerprint density at radius 1 is 1.42 bits per heavy atom. The van der Waals surface area contributed by atoms with Crippen LogP contribution in [0.3, 0.4) is 0 Å². The lowest BCUT2D eigenvalue weighted by atomic mass is 10.1. The lowest BCUT2D eigenvalue weighted by Gasteiger charge is -2.30. The first-order chi connectivity index (χ1) is 11.4. The van der Waals surface area contributed by atoms with Crippen molar-refractivity contribution in [3.63, 3.8) is 0 Å². The van der Waals surface area contributed by atoms with Gasteiger partial charge in [0, 0.05) is 11.3 Å². The zero-order chi connectivity index (χ0) is 17.4. The lowest BCUT2D eigenvalue weighted by molar-refractivity contribution is -0.497. The molecular formula is C15H15N3O6. The highest BCUT2D eigenvalue weighted by Crippen LogP contribution is 2.35. The summed E-state index contributed by atoms with van der Waals surface area (Å²) in [5.41, 5.74) is 1.01. The van der Waals surface area contributed by atoms with Gasteiger partial charge in [0.15, 0.2) is 6.10 Å². The molecule has 3 rings (SSSR count). The van der Waals surface area contributed by atoms with E-state index < -0.39 is 34.9 Å². The van der Waals surface area contributed by atoms with Crippen LogP contribution >= 0.6 is 0 Å². The molecule has 1 N–H and O–H groups in total. The third-order valence-electron chi connectivity index (χ3n) is 4.01. The minimum Gasteiger partial charge on any atom is -0.452 e. The molecule has 1 saturated carbocycles. The molecular weight excluding hydrogens is 318 g/mol. The smallest absolute Gasteiger partial charge is 0.316 e. The van der Waals surface area contributed by atoms with Crippen LogP contribution in [0.4, 0.5) is 11.4 Å². The van der Waals surface area contributed by atoms with Gasteiger partial charge < -0.3 is 10.1 Å². The summed E-state index contributed by atoms with van der Waals surface area (Å²) in [5.74, 6) is -2.46. The summed E-state index contributed by atoms with van der Waals surface area (Å²) < 4.78 is 5.05. The summed E-state index contributed by atoms with van der Waals surface area (Å²) in [6.07, 6.45) is -1.01. The molecule has 1 heterocycles. The number of hydrogen-bond acceptors (Lipinski definition) is 6. The third kappa shape index (κ3) is 2.92. The molecule has 0 saturated heterocycles. The quantitative estimate of drug-likeness (QED) is 0.489. The van der Waals surface area contributed by atoms with Gasteiger partial charge in [-0.15, -0.1) is 0 Å². The fraction of sp³-hybridized carbons (Fsp3) is 0.400. The Morgan fingerprint density at radius 2 is 2.12 bits per heavy atom. The van der Waals surface area contributed by atoms with Gasteiger partial charge in [0.1, 0.15) is 12.5 Å². The molecule has 0 radical (unpaired) electrons. The summed E-state index contributed by atoms with van der Waals surface area (Å²) in [6, 6.07) is 5.85. The monoisotopic (exact) mass is 333 g/mol. The van der Waals surface area contributed by atoms with E-state index in [0.717, 1.165) is 0 Å². The van der Waals surface area contributed by atoms with Crippen LogP contribution in [-0.4, -0.2) is 41.4 Å². The molecule has 2 amide bonds. The maximum Gasteiger partial charge on any atom is 0.316 e. The van der Waals surface area contributed by atoms with E-state index in [9.17, 15) is 24.5 Å². The highest BCUT2D eigenvalue weighted by molar-refractivity contribution is 6.11. The zero-order valence-corrected chi connectivity index (χ0v) is 12.8. The Labute approximate surface area is 136 Å². The van der Waals surface area contributed by atoms with E-state index in [2.05, 4.69) is 5.32 Å². The SMILES string of the molecule is C[C@H](OC(=O)[C@H]1C[C@H]1[N+](=O)[O-])C(=O)N1CC(=O)Nc2ccccc21. The average Bonchev–Trinajstić information content (AvgIpc) is 3.34. The third-order valence-corrected chi connectivity index (χ3v) is 4.01. The maximum absolute atomic E-state index is 12.5. The molecule has 2 aliphatic rings. The van der Waals surface area contributed by atoms with Crippen LogP contribution < -0.4 is 10.2 Å². The summed E-state index contributed by atoms with van der Waals surface area (Å²) in [7, 11) is 0. The molecule has 1 aromatic carbocycles. The summed E-state index contributed by atoms with van der Waals surface area (Å²) in [5, 5.41) is 13.3. The molecule has 126 valence electrons. The van der Waals surface area contributed by atoms with Crippen molar-refractivity contribution in [2.75, 3.05) is 16.8 Å². The minimum atomic E-state index is -1.13. The second kappa shape index (κ2) is 5.91. The van der Waals surface area contributed by atoms with Crippen LogP contribution in [0.5, 0.6) is 0 Å². The number of carbonyl (C=O) groups is 3. The average molecular weight is 333 g/mol. The molecule has 3 atom stereocenters. The van der Waals surface area contributed by atoms with Gasteiger partial charge in [-0.05, 0) is 19.1 Å². The number of rotatable bonds is 4. The number of anilines is 2. The van der Waals surface area contributed by atoms with Crippen LogP contribution in [0.25, 0.3) is 0 Å². The number of hydrogen-bond donors (Lipinski definition) is 1. The molecule has 0 spiro atoms. The summed E-state index contributed by atoms with van der Waals surface area (Å²) in [6.45, 7) is 1.21. The Hall–Kier alpha value is -2.97. The van der Waals surface area contributed by atoms with Crippen molar-refractivity contribution >= 4 is 29.2 Å². The van der Waals surface area contributed by atoms with Gasteiger partial charge in [-0.3, -0.25) is 29.4 Å². The van der Waals surface area contributed by atoms with Crippen molar-refractivity contribution in [3.8, 4) is 0 Å². The van der Waals surface area contributed by atoms with Gasteiger partial charge in [0.2, 0.25) is 11.9 Å². The normalized spacial score (nSPS) is 22.9. The second-order valence-corrected chi connectivity index (χ2v) is 5.76. The fourth-order valence-corrected chi connectivity index (χ4v) is 2.63. The van der Waals surface area contributed by atoms with Crippen molar-refractivity contribution in [3.05, 3.63) is 34.4 Å². The number of fused-ring (bicyclic) bond motifs is 1. The summed E-state index contributed by atoms with van der Waals surface area (Å²) >= 11 is 0. The van der Waals surface area contributed by atoms with E-state index in [1.54, 1.807) is 24.3 Å². The number of benzene rings is 1. The van der Waals surface area contributed by atoms with Gasteiger partial charge in [0.25, 0.3) is 5.91 Å². The number of para-hydroxylation sites is 2. The van der Waals surface area contributed by atoms with Crippen LogP contribution in [0, 0.1) is 16.0 Å². The molecule has 1 aliphatic carbocycles. The van der Waals surface area contributed by atoms with Crippen LogP contribution in [0.15, 0.2) is 24.3 Å². The largest absolute Gasteiger partial charge is 0.452 e. The van der Waals surface area contributed by atoms with Crippen molar-refractivity contribution < 1.29 is 24.0 Å². The van der Waals surface area contributed by atoms with Gasteiger partial charge in [-0.1, -0.05) is 12.1 Å². The van der Waals surface area contributed by atoms with E-state index in [-0.39, 0.29) is 18.9 Å². The molecule has 0 unspecified atom stereocenters. The predicted molar refractivity (Wildman–Crippen MR) is 81.9 cm³/mol. The van der Waals surface area contributed by atoms with Crippen molar-refractivity contribution in [2.45, 2.75) is 25.5 Å². The number of esters is 1. The topological polar surface area (TPSA) is 119 Å². The Kier molecular flexibility index (Phi) is 3.92. The van der Waals surface area contributed by atoms with E-state index >= 15 is 0 Å². The van der Waals surface area contributed by atoms with Gasteiger partial charge in [-0.25, -0.2) is 0 Å². The Morgan fingerprint density at radius 3 is 2.79 bits per heavy atom. The first-order valence-corrected chi connectivity index (χ1v) is 7.42. The first kappa shape index (κ1) is 15.9. The molecule has 24 heavy (non-hydrogen) atoms. The standard InChI is InChI=1S/C15H15N3O6/c1-8(24-15(21)9-6-12(9)18(22)23)14(20)17-7-13(19)16-10-4-2-3-5-11(10)17/h2-5,8-9,12H,6-7H2,1H3,(H,16,19)/t8-,9-,12+/m0/s1. The lowest BCUT2D eigenvalue weighted by Crippen LogP contribution is -2.47. The zero-order valence-electron chi connectivity index (χ0n) is 12.8. The molecule has 9 heteroatoms. The number of nitrogens with one attached hydrogen (secondary N) is 1. The Bertz CT molecular complexity index is 734. The van der Waals surface area contributed by atoms with Crippen molar-refractivity contribution in [2.24, 2.45) is 5.92 Å². The van der Waals surface area contributed by atoms with Gasteiger partial charge >= 0.3 is 5.97 Å². The second-order valence-electron chi connectivity index (χ2n) is 5.76. The van der Waals surface area contributed by atoms with Gasteiger partial charge in [0.05, 0.1) is 11.4 Å². The minimum absolute atomic E-state index is 0.127. The van der Waals surface area contributed by atoms with Crippen molar-refractivity contribution in [1.82, 2.24) is 0 Å². The van der Waals surface area contributed by atoms with E-state index in [1.165, 1.54) is 11.8 Å².